The van der Waals surface area contributed by atoms with Crippen molar-refractivity contribution in [2.45, 2.75) is 51.2 Å². The normalized spacial score (nSPS) is 18.7. The van der Waals surface area contributed by atoms with Gasteiger partial charge in [-0.05, 0) is 78.8 Å². The van der Waals surface area contributed by atoms with Crippen LogP contribution in [0.5, 0.6) is 17.2 Å². The number of carbonyl (C=O) groups excluding carboxylic acids is 1. The summed E-state index contributed by atoms with van der Waals surface area (Å²) in [7, 11) is -1.67. The zero-order valence-corrected chi connectivity index (χ0v) is 24.5. The van der Waals surface area contributed by atoms with Crippen LogP contribution in [-0.4, -0.2) is 56.9 Å². The van der Waals surface area contributed by atoms with E-state index in [0.717, 1.165) is 39.1 Å². The molecule has 1 fully saturated rings. The number of esters is 1. The van der Waals surface area contributed by atoms with Gasteiger partial charge in [-0.15, -0.1) is 0 Å². The van der Waals surface area contributed by atoms with Gasteiger partial charge in [-0.1, -0.05) is 24.3 Å². The van der Waals surface area contributed by atoms with Crippen LogP contribution in [0.3, 0.4) is 0 Å². The van der Waals surface area contributed by atoms with Gasteiger partial charge in [-0.3, -0.25) is 4.79 Å². The second-order valence-electron chi connectivity index (χ2n) is 11.1. The molecule has 1 saturated heterocycles. The minimum atomic E-state index is -3.06. The fraction of sp³-hybridized carbons (Fsp3) is 0.406. The van der Waals surface area contributed by atoms with E-state index >= 15 is 0 Å². The Bertz CT molecular complexity index is 1510. The predicted octanol–water partition coefficient (Wildman–Crippen LogP) is 4.91. The van der Waals surface area contributed by atoms with E-state index in [2.05, 4.69) is 12.1 Å². The summed E-state index contributed by atoms with van der Waals surface area (Å²) < 4.78 is 46.1. The van der Waals surface area contributed by atoms with Crippen molar-refractivity contribution >= 4 is 15.8 Å². The van der Waals surface area contributed by atoms with Crippen molar-refractivity contribution in [3.8, 4) is 28.4 Å². The monoisotopic (exact) mass is 580 g/mol. The number of carbonyl (C=O) groups is 1. The fourth-order valence-corrected chi connectivity index (χ4v) is 7.11. The van der Waals surface area contributed by atoms with Gasteiger partial charge in [0.2, 0.25) is 0 Å². The van der Waals surface area contributed by atoms with Crippen LogP contribution >= 0.6 is 0 Å². The van der Waals surface area contributed by atoms with Gasteiger partial charge >= 0.3 is 5.97 Å². The maximum absolute atomic E-state index is 11.7. The number of methoxy groups -OCH3 is 1. The average Bonchev–Trinajstić information content (AvgIpc) is 3.34. The standard InChI is InChI=1S/C32H36O8S/c1-21-13-27(40-20-32(34)9-11-41(35,36)12-10-32)14-22(2)31(21)24-6-4-5-23(15-24)18-38-26-7-8-28-25(16-30(33)37-3)19-39-29(28)17-26/h4-8,13-15,17,25,34H,9-12,16,18-20H2,1-3H3/t25-/m1/s1. The SMILES string of the molecule is COC(=O)C[C@@H]1COc2cc(OCc3cccc(-c4c(C)cc(OCC5(O)CCS(=O)(=O)CC5)cc4C)c3)ccc21. The van der Waals surface area contributed by atoms with Gasteiger partial charge in [-0.25, -0.2) is 8.42 Å². The largest absolute Gasteiger partial charge is 0.492 e. The lowest BCUT2D eigenvalue weighted by atomic mass is 9.94. The number of sulfone groups is 1. The van der Waals surface area contributed by atoms with Crippen molar-refractivity contribution < 1.29 is 37.3 Å². The zero-order chi connectivity index (χ0) is 29.2. The molecule has 3 aromatic rings. The quantitative estimate of drug-likeness (QED) is 0.356. The molecular weight excluding hydrogens is 544 g/mol. The van der Waals surface area contributed by atoms with E-state index in [1.165, 1.54) is 7.11 Å². The lowest BCUT2D eigenvalue weighted by Gasteiger charge is -2.31. The van der Waals surface area contributed by atoms with Gasteiger partial charge in [0, 0.05) is 17.5 Å². The summed E-state index contributed by atoms with van der Waals surface area (Å²) in [5.41, 5.74) is 5.11. The summed E-state index contributed by atoms with van der Waals surface area (Å²) in [6.45, 7) is 4.94. The molecule has 41 heavy (non-hydrogen) atoms. The van der Waals surface area contributed by atoms with Crippen LogP contribution in [0.15, 0.2) is 54.6 Å². The van der Waals surface area contributed by atoms with Crippen molar-refractivity contribution in [3.05, 3.63) is 76.9 Å². The fourth-order valence-electron chi connectivity index (χ4n) is 5.53. The maximum atomic E-state index is 11.7. The highest BCUT2D eigenvalue weighted by Crippen LogP contribution is 2.39. The molecule has 2 heterocycles. The van der Waals surface area contributed by atoms with Crippen LogP contribution in [0.2, 0.25) is 0 Å². The number of fused-ring (bicyclic) bond motifs is 1. The summed E-state index contributed by atoms with van der Waals surface area (Å²) in [5, 5.41) is 10.8. The Hall–Kier alpha value is -3.56. The second-order valence-corrected chi connectivity index (χ2v) is 13.4. The molecule has 0 bridgehead atoms. The van der Waals surface area contributed by atoms with E-state index in [0.29, 0.717) is 24.7 Å². The average molecular weight is 581 g/mol. The van der Waals surface area contributed by atoms with E-state index in [4.69, 9.17) is 18.9 Å². The third-order valence-corrected chi connectivity index (χ3v) is 9.55. The first kappa shape index (κ1) is 29.0. The van der Waals surface area contributed by atoms with E-state index < -0.39 is 15.4 Å². The van der Waals surface area contributed by atoms with Crippen LogP contribution in [-0.2, 0) is 26.0 Å². The number of ether oxygens (including phenoxy) is 4. The zero-order valence-electron chi connectivity index (χ0n) is 23.6. The molecule has 0 unspecified atom stereocenters. The summed E-state index contributed by atoms with van der Waals surface area (Å²) >= 11 is 0. The Morgan fingerprint density at radius 2 is 1.73 bits per heavy atom. The lowest BCUT2D eigenvalue weighted by molar-refractivity contribution is -0.141. The van der Waals surface area contributed by atoms with Gasteiger partial charge in [-0.2, -0.15) is 0 Å². The predicted molar refractivity (Wildman–Crippen MR) is 155 cm³/mol. The van der Waals surface area contributed by atoms with Crippen molar-refractivity contribution in [3.63, 3.8) is 0 Å². The molecule has 2 aliphatic heterocycles. The van der Waals surface area contributed by atoms with Crippen LogP contribution in [0.4, 0.5) is 0 Å². The van der Waals surface area contributed by atoms with E-state index in [1.807, 2.05) is 56.3 Å². The maximum Gasteiger partial charge on any atom is 0.306 e. The van der Waals surface area contributed by atoms with Gasteiger partial charge in [0.05, 0.1) is 31.6 Å². The molecule has 9 heteroatoms. The minimum Gasteiger partial charge on any atom is -0.492 e. The van der Waals surface area contributed by atoms with Crippen molar-refractivity contribution in [2.75, 3.05) is 31.8 Å². The topological polar surface area (TPSA) is 108 Å². The molecule has 0 aromatic heterocycles. The molecule has 2 aliphatic rings. The summed E-state index contributed by atoms with van der Waals surface area (Å²) in [6, 6.07) is 17.8. The number of aryl methyl sites for hydroxylation is 2. The van der Waals surface area contributed by atoms with Crippen LogP contribution in [0.1, 0.15) is 47.4 Å². The summed E-state index contributed by atoms with van der Waals surface area (Å²) in [4.78, 5) is 11.7. The van der Waals surface area contributed by atoms with E-state index in [9.17, 15) is 18.3 Å². The highest BCUT2D eigenvalue weighted by atomic mass is 32.2. The van der Waals surface area contributed by atoms with Gasteiger partial charge in [0.15, 0.2) is 9.84 Å². The molecule has 1 atom stereocenters. The minimum absolute atomic E-state index is 0.0118. The molecule has 0 spiro atoms. The first-order valence-electron chi connectivity index (χ1n) is 13.8. The Morgan fingerprint density at radius 3 is 2.44 bits per heavy atom. The molecule has 3 aromatic carbocycles. The smallest absolute Gasteiger partial charge is 0.306 e. The van der Waals surface area contributed by atoms with E-state index in [1.54, 1.807) is 0 Å². The van der Waals surface area contributed by atoms with Crippen LogP contribution < -0.4 is 14.2 Å². The Balaban J connectivity index is 1.23. The second kappa shape index (κ2) is 11.7. The number of aliphatic hydroxyl groups is 1. The lowest BCUT2D eigenvalue weighted by Crippen LogP contribution is -2.43. The Morgan fingerprint density at radius 1 is 1.00 bits per heavy atom. The van der Waals surface area contributed by atoms with Crippen molar-refractivity contribution in [1.82, 2.24) is 0 Å². The molecular formula is C32H36O8S. The first-order valence-corrected chi connectivity index (χ1v) is 15.6. The number of rotatable bonds is 9. The molecule has 0 radical (unpaired) electrons. The Kier molecular flexibility index (Phi) is 8.29. The van der Waals surface area contributed by atoms with Crippen molar-refractivity contribution in [2.24, 2.45) is 0 Å². The summed E-state index contributed by atoms with van der Waals surface area (Å²) in [5.74, 6) is 1.79. The molecule has 0 aliphatic carbocycles. The highest BCUT2D eigenvalue weighted by Gasteiger charge is 2.36. The van der Waals surface area contributed by atoms with Gasteiger partial charge < -0.3 is 24.1 Å². The molecule has 218 valence electrons. The van der Waals surface area contributed by atoms with Crippen LogP contribution in [0.25, 0.3) is 11.1 Å². The first-order chi connectivity index (χ1) is 19.5. The molecule has 0 saturated carbocycles. The van der Waals surface area contributed by atoms with Crippen molar-refractivity contribution in [1.29, 1.82) is 0 Å². The van der Waals surface area contributed by atoms with Crippen LogP contribution in [0, 0.1) is 13.8 Å². The third-order valence-electron chi connectivity index (χ3n) is 7.90. The van der Waals surface area contributed by atoms with E-state index in [-0.39, 0.29) is 49.3 Å². The van der Waals surface area contributed by atoms with Gasteiger partial charge in [0.1, 0.15) is 36.1 Å². The molecule has 5 rings (SSSR count). The third kappa shape index (κ3) is 6.85. The number of benzene rings is 3. The van der Waals surface area contributed by atoms with Gasteiger partial charge in [0.25, 0.3) is 0 Å². The summed E-state index contributed by atoms with van der Waals surface area (Å²) in [6.07, 6.45) is 0.667. The Labute approximate surface area is 241 Å². The molecule has 8 nitrogen and oxygen atoms in total. The molecule has 0 amide bonds. The number of hydrogen-bond donors (Lipinski definition) is 1. The molecule has 1 N–H and O–H groups in total. The highest BCUT2D eigenvalue weighted by molar-refractivity contribution is 7.91. The number of hydrogen-bond acceptors (Lipinski definition) is 8.